The van der Waals surface area contributed by atoms with E-state index < -0.39 is 0 Å². The van der Waals surface area contributed by atoms with Crippen LogP contribution < -0.4 is 10.7 Å². The van der Waals surface area contributed by atoms with Crippen LogP contribution in [-0.2, 0) is 6.42 Å². The molecular formula is C32H33N3O. The van der Waals surface area contributed by atoms with E-state index in [2.05, 4.69) is 50.9 Å². The number of nitrogens with zero attached hydrogens (tertiary/aromatic N) is 2. The van der Waals surface area contributed by atoms with E-state index in [1.165, 1.54) is 46.3 Å². The Bertz CT molecular complexity index is 1620. The summed E-state index contributed by atoms with van der Waals surface area (Å²) in [6.07, 6.45) is 15.1. The van der Waals surface area contributed by atoms with E-state index in [0.29, 0.717) is 0 Å². The first-order valence-electron chi connectivity index (χ1n) is 13.2. The molecule has 0 fully saturated rings. The summed E-state index contributed by atoms with van der Waals surface area (Å²) in [5.41, 5.74) is 13.7. The van der Waals surface area contributed by atoms with E-state index in [1.54, 1.807) is 6.07 Å². The summed E-state index contributed by atoms with van der Waals surface area (Å²) in [5.74, 6) is 0.266. The summed E-state index contributed by atoms with van der Waals surface area (Å²) in [6, 6.07) is 5.79. The van der Waals surface area contributed by atoms with Gasteiger partial charge in [-0.2, -0.15) is 0 Å². The highest BCUT2D eigenvalue weighted by Crippen LogP contribution is 2.38. The van der Waals surface area contributed by atoms with Gasteiger partial charge in [0.05, 0.1) is 22.8 Å². The van der Waals surface area contributed by atoms with Crippen LogP contribution >= 0.6 is 0 Å². The zero-order chi connectivity index (χ0) is 25.0. The second-order valence-corrected chi connectivity index (χ2v) is 10.2. The standard InChI is InChI=1S/C32H33N3O/c1-5-22-18(3)26-14-20-11-12-32(36)21(13-20)15-27-19(4)23(6-2)29(34-27)17-31-25-10-8-7-9-24(25)30(35-31)16-28(22)33-26/h11-17,33,36H,5-10H2,1-4H3. The van der Waals surface area contributed by atoms with E-state index >= 15 is 0 Å². The quantitative estimate of drug-likeness (QED) is 0.554. The van der Waals surface area contributed by atoms with Crippen molar-refractivity contribution >= 4 is 29.7 Å². The monoisotopic (exact) mass is 475 g/mol. The number of aromatic hydroxyl groups is 1. The minimum Gasteiger partial charge on any atom is -0.507 e. The number of aromatic amines is 1. The average molecular weight is 476 g/mol. The van der Waals surface area contributed by atoms with Crippen molar-refractivity contribution in [3.8, 4) is 5.75 Å². The maximum Gasteiger partial charge on any atom is 0.122 e. The van der Waals surface area contributed by atoms with Gasteiger partial charge in [0.25, 0.3) is 0 Å². The van der Waals surface area contributed by atoms with Crippen molar-refractivity contribution in [2.75, 3.05) is 0 Å². The molecule has 1 aliphatic carbocycles. The van der Waals surface area contributed by atoms with Crippen molar-refractivity contribution in [2.24, 2.45) is 9.98 Å². The smallest absolute Gasteiger partial charge is 0.122 e. The normalized spacial score (nSPS) is 18.8. The molecule has 182 valence electrons. The molecule has 2 N–H and O–H groups in total. The molecule has 0 saturated carbocycles. The lowest BCUT2D eigenvalue weighted by molar-refractivity contribution is 0.474. The summed E-state index contributed by atoms with van der Waals surface area (Å²) in [7, 11) is 0. The predicted molar refractivity (Wildman–Crippen MR) is 150 cm³/mol. The summed E-state index contributed by atoms with van der Waals surface area (Å²) >= 11 is 0. The minimum atomic E-state index is 0.266. The summed E-state index contributed by atoms with van der Waals surface area (Å²) in [5, 5.41) is 12.9. The van der Waals surface area contributed by atoms with Gasteiger partial charge >= 0.3 is 0 Å². The molecule has 0 atom stereocenters. The second-order valence-electron chi connectivity index (χ2n) is 10.2. The van der Waals surface area contributed by atoms with Gasteiger partial charge in [-0.15, -0.1) is 0 Å². The Morgan fingerprint density at radius 1 is 0.833 bits per heavy atom. The van der Waals surface area contributed by atoms with Gasteiger partial charge in [0.1, 0.15) is 5.75 Å². The van der Waals surface area contributed by atoms with Gasteiger partial charge in [0, 0.05) is 16.3 Å². The van der Waals surface area contributed by atoms with Crippen molar-refractivity contribution in [3.05, 3.63) is 90.9 Å². The van der Waals surface area contributed by atoms with Crippen molar-refractivity contribution < 1.29 is 5.11 Å². The highest BCUT2D eigenvalue weighted by molar-refractivity contribution is 6.24. The van der Waals surface area contributed by atoms with Gasteiger partial charge in [-0.3, -0.25) is 0 Å². The Morgan fingerprint density at radius 3 is 2.39 bits per heavy atom. The molecular weight excluding hydrogens is 442 g/mol. The fourth-order valence-corrected chi connectivity index (χ4v) is 6.07. The number of benzene rings is 1. The van der Waals surface area contributed by atoms with Crippen LogP contribution in [0.25, 0.3) is 18.2 Å². The molecule has 4 aliphatic rings. The maximum absolute atomic E-state index is 10.7. The lowest BCUT2D eigenvalue weighted by atomic mass is 9.89. The number of rotatable bonds is 2. The number of aliphatic imine (C=N–C) groups is 2. The molecule has 0 amide bonds. The first kappa shape index (κ1) is 22.8. The molecule has 6 rings (SSSR count). The van der Waals surface area contributed by atoms with Crippen LogP contribution in [0.3, 0.4) is 0 Å². The van der Waals surface area contributed by atoms with Crippen molar-refractivity contribution in [2.45, 2.75) is 66.2 Å². The Hall–Kier alpha value is -3.66. The van der Waals surface area contributed by atoms with Crippen LogP contribution in [0.4, 0.5) is 0 Å². The molecule has 36 heavy (non-hydrogen) atoms. The van der Waals surface area contributed by atoms with Gasteiger partial charge in [0.2, 0.25) is 0 Å². The first-order valence-corrected chi connectivity index (χ1v) is 13.2. The molecule has 0 saturated heterocycles. The van der Waals surface area contributed by atoms with Crippen LogP contribution in [0.5, 0.6) is 5.75 Å². The van der Waals surface area contributed by atoms with Crippen LogP contribution in [0, 0.1) is 6.92 Å². The SMILES string of the molecule is CCC1=C(C)C2=Cc3cc(ccc3O)C=c3[nH]c(c(CC)c3C)=CC3=NC(=CC1=N2)C1=C3CCCC1. The third kappa shape index (κ3) is 3.67. The number of nitrogens with one attached hydrogen (secondary N) is 1. The molecule has 3 aliphatic heterocycles. The Balaban J connectivity index is 1.68. The van der Waals surface area contributed by atoms with Crippen molar-refractivity contribution in [1.82, 2.24) is 4.98 Å². The number of aromatic nitrogens is 1. The second kappa shape index (κ2) is 8.77. The van der Waals surface area contributed by atoms with Crippen LogP contribution in [0.2, 0.25) is 0 Å². The molecule has 4 heteroatoms. The van der Waals surface area contributed by atoms with Crippen LogP contribution in [0.15, 0.2) is 67.9 Å². The fourth-order valence-electron chi connectivity index (χ4n) is 6.07. The van der Waals surface area contributed by atoms with Crippen molar-refractivity contribution in [1.29, 1.82) is 0 Å². The van der Waals surface area contributed by atoms with Gasteiger partial charge in [0.15, 0.2) is 0 Å². The largest absolute Gasteiger partial charge is 0.507 e. The van der Waals surface area contributed by atoms with Crippen LogP contribution in [0.1, 0.15) is 75.1 Å². The minimum absolute atomic E-state index is 0.266. The highest BCUT2D eigenvalue weighted by Gasteiger charge is 2.27. The molecule has 1 aromatic carbocycles. The zero-order valence-electron chi connectivity index (χ0n) is 21.6. The average Bonchev–Trinajstić information content (AvgIpc) is 3.47. The molecule has 4 heterocycles. The first-order chi connectivity index (χ1) is 17.5. The zero-order valence-corrected chi connectivity index (χ0v) is 21.6. The molecule has 2 aromatic rings. The summed E-state index contributed by atoms with van der Waals surface area (Å²) in [4.78, 5) is 13.9. The predicted octanol–water partition coefficient (Wildman–Crippen LogP) is 5.95. The van der Waals surface area contributed by atoms with Gasteiger partial charge in [-0.05, 0) is 128 Å². The van der Waals surface area contributed by atoms with E-state index in [0.717, 1.165) is 70.3 Å². The highest BCUT2D eigenvalue weighted by atomic mass is 16.3. The number of hydrogen-bond donors (Lipinski definition) is 2. The third-order valence-corrected chi connectivity index (χ3v) is 8.08. The van der Waals surface area contributed by atoms with Gasteiger partial charge < -0.3 is 10.1 Å². The van der Waals surface area contributed by atoms with E-state index in [1.807, 2.05) is 18.2 Å². The number of allylic oxidation sites excluding steroid dienone is 5. The van der Waals surface area contributed by atoms with E-state index in [-0.39, 0.29) is 5.75 Å². The Labute approximate surface area is 212 Å². The maximum atomic E-state index is 10.7. The Kier molecular flexibility index (Phi) is 5.55. The number of fused-ring (bicyclic) bond motifs is 8. The molecule has 0 unspecified atom stereocenters. The molecule has 1 aromatic heterocycles. The van der Waals surface area contributed by atoms with Crippen molar-refractivity contribution in [3.63, 3.8) is 0 Å². The molecule has 8 bridgehead atoms. The molecule has 0 spiro atoms. The Morgan fingerprint density at radius 2 is 1.61 bits per heavy atom. The summed E-state index contributed by atoms with van der Waals surface area (Å²) < 4.78 is 0. The van der Waals surface area contributed by atoms with Crippen LogP contribution in [-0.4, -0.2) is 21.5 Å². The molecule has 0 radical (unpaired) electrons. The topological polar surface area (TPSA) is 60.7 Å². The lowest BCUT2D eigenvalue weighted by Gasteiger charge is -2.14. The lowest BCUT2D eigenvalue weighted by Crippen LogP contribution is -2.15. The molecule has 4 nitrogen and oxygen atoms in total. The number of H-pyrrole nitrogens is 1. The third-order valence-electron chi connectivity index (χ3n) is 8.08. The number of hydrogen-bond acceptors (Lipinski definition) is 3. The fraction of sp³-hybridized carbons (Fsp3) is 0.312. The van der Waals surface area contributed by atoms with E-state index in [4.69, 9.17) is 9.98 Å². The number of phenolic OH excluding ortho intramolecular Hbond substituents is 1. The summed E-state index contributed by atoms with van der Waals surface area (Å²) in [6.45, 7) is 8.73. The van der Waals surface area contributed by atoms with E-state index in [9.17, 15) is 5.11 Å². The van der Waals surface area contributed by atoms with Gasteiger partial charge in [-0.25, -0.2) is 9.98 Å². The van der Waals surface area contributed by atoms with Gasteiger partial charge in [-0.1, -0.05) is 19.9 Å². The number of phenols is 1.